The van der Waals surface area contributed by atoms with Gasteiger partial charge in [-0.2, -0.15) is 13.2 Å². The molecule has 2 atom stereocenters. The molecule has 11 nitrogen and oxygen atoms in total. The van der Waals surface area contributed by atoms with Crippen molar-refractivity contribution < 1.29 is 49.7 Å². The van der Waals surface area contributed by atoms with Gasteiger partial charge in [-0.25, -0.2) is 22.8 Å². The van der Waals surface area contributed by atoms with Crippen molar-refractivity contribution in [2.45, 2.75) is 37.7 Å². The van der Waals surface area contributed by atoms with Gasteiger partial charge in [-0.05, 0) is 43.4 Å². The van der Waals surface area contributed by atoms with Gasteiger partial charge in [0, 0.05) is 0 Å². The molecule has 17 heteroatoms. The lowest BCUT2D eigenvalue weighted by molar-refractivity contribution is -0.738. The van der Waals surface area contributed by atoms with Gasteiger partial charge in [0.1, 0.15) is 19.5 Å². The molecule has 1 aliphatic rings. The highest BCUT2D eigenvalue weighted by Crippen LogP contribution is 2.24. The van der Waals surface area contributed by atoms with E-state index in [0.29, 0.717) is 22.8 Å². The van der Waals surface area contributed by atoms with E-state index < -0.39 is 42.3 Å². The number of halogens is 4. The first-order valence-electron chi connectivity index (χ1n) is 10.5. The molecule has 0 bridgehead atoms. The van der Waals surface area contributed by atoms with Crippen LogP contribution in [0.4, 0.5) is 13.2 Å². The summed E-state index contributed by atoms with van der Waals surface area (Å²) in [5.74, 6) is -0.415. The van der Waals surface area contributed by atoms with Crippen LogP contribution >= 0.6 is 11.6 Å². The second-order valence-electron chi connectivity index (χ2n) is 8.62. The van der Waals surface area contributed by atoms with Gasteiger partial charge in [-0.15, -0.1) is 0 Å². The van der Waals surface area contributed by atoms with Crippen molar-refractivity contribution in [1.29, 1.82) is 0 Å². The third kappa shape index (κ3) is 7.02. The smallest absolute Gasteiger partial charge is 0.485 e. The molecule has 0 aliphatic carbocycles. The minimum Gasteiger partial charge on any atom is -0.741 e. The molecule has 3 heterocycles. The van der Waals surface area contributed by atoms with Crippen LogP contribution in [0.5, 0.6) is 0 Å². The van der Waals surface area contributed by atoms with Crippen LogP contribution in [0.25, 0.3) is 11.2 Å². The maximum atomic E-state index is 12.1. The first-order chi connectivity index (χ1) is 17.1. The van der Waals surface area contributed by atoms with Gasteiger partial charge in [0.15, 0.2) is 21.9 Å². The van der Waals surface area contributed by atoms with E-state index in [9.17, 15) is 18.0 Å². The zero-order chi connectivity index (χ0) is 27.6. The van der Waals surface area contributed by atoms with E-state index in [2.05, 4.69) is 33.8 Å². The normalized spacial score (nSPS) is 18.4. The summed E-state index contributed by atoms with van der Waals surface area (Å²) in [6.07, 6.45) is 2.36. The minimum atomic E-state index is -6.09. The highest BCUT2D eigenvalue weighted by molar-refractivity contribution is 7.86. The number of carbonyl (C=O) groups excluding carboxylic acids is 1. The summed E-state index contributed by atoms with van der Waals surface area (Å²) in [6, 6.07) is 8.81. The Hall–Kier alpha value is -2.63. The molecule has 0 radical (unpaired) electrons. The number of carbonyl (C=O) groups is 1. The predicted octanol–water partition coefficient (Wildman–Crippen LogP) is 2.84. The molecule has 1 aliphatic heterocycles. The Morgan fingerprint density at radius 3 is 2.46 bits per heavy atom. The van der Waals surface area contributed by atoms with E-state index in [0.717, 1.165) is 5.65 Å². The molecule has 4 rings (SSSR count). The number of hydrogen-bond donors (Lipinski definition) is 0. The molecule has 3 aromatic rings. The maximum Gasteiger partial charge on any atom is 0.485 e. The fourth-order valence-corrected chi connectivity index (χ4v) is 4.58. The Morgan fingerprint density at radius 2 is 1.89 bits per heavy atom. The summed E-state index contributed by atoms with van der Waals surface area (Å²) < 4.78 is 79.9. The molecular weight excluding hydrogens is 561 g/mol. The van der Waals surface area contributed by atoms with Crippen LogP contribution in [-0.2, 0) is 24.3 Å². The third-order valence-electron chi connectivity index (χ3n) is 4.89. The Morgan fingerprint density at radius 1 is 1.27 bits per heavy atom. The minimum absolute atomic E-state index is 0.00221. The summed E-state index contributed by atoms with van der Waals surface area (Å²) in [4.78, 5) is 20.8. The molecule has 0 amide bonds. The third-order valence-corrected chi connectivity index (χ3v) is 7.50. The SMILES string of the molecule is C[Si](C)(C)n1cnc2c(Cl)nc[n+]([C@@H]3CO[C@H](COC(=O)c4ccccc4)O3)c21.O=S(=O)([O-])C(F)(F)F. The second-order valence-corrected chi connectivity index (χ2v) is 15.2. The van der Waals surface area contributed by atoms with E-state index >= 15 is 0 Å². The molecular formula is C20H22ClF3N4O7SSi. The van der Waals surface area contributed by atoms with Crippen LogP contribution in [0.3, 0.4) is 0 Å². The lowest BCUT2D eigenvalue weighted by Crippen LogP contribution is -2.46. The van der Waals surface area contributed by atoms with Gasteiger partial charge >= 0.3 is 11.5 Å². The number of hydrogen-bond acceptors (Lipinski definition) is 9. The topological polar surface area (TPSA) is 137 Å². The average Bonchev–Trinajstić information content (AvgIpc) is 3.45. The highest BCUT2D eigenvalue weighted by Gasteiger charge is 2.37. The Kier molecular flexibility index (Phi) is 8.60. The van der Waals surface area contributed by atoms with Gasteiger partial charge in [0.05, 0.1) is 5.56 Å². The number of nitrogens with zero attached hydrogens (tertiary/aromatic N) is 4. The van der Waals surface area contributed by atoms with Crippen LogP contribution < -0.4 is 4.57 Å². The molecule has 202 valence electrons. The zero-order valence-electron chi connectivity index (χ0n) is 19.7. The Balaban J connectivity index is 0.000000414. The zero-order valence-corrected chi connectivity index (χ0v) is 22.2. The Labute approximate surface area is 215 Å². The van der Waals surface area contributed by atoms with Crippen LogP contribution in [0.15, 0.2) is 43.0 Å². The molecule has 0 saturated carbocycles. The number of rotatable bonds is 5. The first kappa shape index (κ1) is 28.9. The molecule has 1 saturated heterocycles. The van der Waals surface area contributed by atoms with Crippen molar-refractivity contribution >= 4 is 47.1 Å². The van der Waals surface area contributed by atoms with E-state index in [1.54, 1.807) is 36.9 Å². The van der Waals surface area contributed by atoms with E-state index in [4.69, 9.17) is 38.8 Å². The molecule has 1 fully saturated rings. The highest BCUT2D eigenvalue weighted by atomic mass is 35.5. The van der Waals surface area contributed by atoms with Crippen LogP contribution in [0, 0.1) is 0 Å². The number of aromatic nitrogens is 4. The monoisotopic (exact) mass is 582 g/mol. The molecule has 0 unspecified atom stereocenters. The lowest BCUT2D eigenvalue weighted by atomic mass is 10.2. The van der Waals surface area contributed by atoms with E-state index in [1.165, 1.54) is 0 Å². The summed E-state index contributed by atoms with van der Waals surface area (Å²) in [7, 11) is -7.84. The van der Waals surface area contributed by atoms with Crippen LogP contribution in [0.1, 0.15) is 16.6 Å². The molecule has 0 spiro atoms. The average molecular weight is 583 g/mol. The number of esters is 1. The number of alkyl halides is 3. The van der Waals surface area contributed by atoms with Gasteiger partial charge in [0.2, 0.25) is 31.6 Å². The van der Waals surface area contributed by atoms with Crippen molar-refractivity contribution in [1.82, 2.24) is 14.2 Å². The van der Waals surface area contributed by atoms with Crippen molar-refractivity contribution in [2.24, 2.45) is 0 Å². The molecule has 2 aromatic heterocycles. The number of imidazole rings is 1. The predicted molar refractivity (Wildman–Crippen MR) is 124 cm³/mol. The fourth-order valence-electron chi connectivity index (χ4n) is 3.14. The first-order valence-corrected chi connectivity index (χ1v) is 15.8. The summed E-state index contributed by atoms with van der Waals surface area (Å²) in [5, 5.41) is 0.348. The molecule has 0 N–H and O–H groups in total. The molecule has 1 aromatic carbocycles. The lowest BCUT2D eigenvalue weighted by Gasteiger charge is -2.17. The van der Waals surface area contributed by atoms with Crippen molar-refractivity contribution in [3.05, 3.63) is 53.7 Å². The van der Waals surface area contributed by atoms with Crippen molar-refractivity contribution in [3.8, 4) is 0 Å². The van der Waals surface area contributed by atoms with Crippen LogP contribution in [-0.4, -0.2) is 66.4 Å². The fraction of sp³-hybridized carbons (Fsp3) is 0.400. The van der Waals surface area contributed by atoms with Crippen molar-refractivity contribution in [3.63, 3.8) is 0 Å². The van der Waals surface area contributed by atoms with Gasteiger partial charge in [-0.1, -0.05) is 23.2 Å². The number of ether oxygens (including phenoxy) is 3. The summed E-state index contributed by atoms with van der Waals surface area (Å²) in [5.41, 5.74) is -3.69. The largest absolute Gasteiger partial charge is 0.741 e. The second kappa shape index (κ2) is 11.0. The quantitative estimate of drug-likeness (QED) is 0.111. The molecule has 37 heavy (non-hydrogen) atoms. The standard InChI is InChI=1S/C19H22ClN4O4Si.CHF3O3S/c1-29(2,3)24-12-21-16-17(20)22-11-23(18(16)24)14-9-26-15(28-14)10-27-19(25)13-7-5-4-6-8-13;2-1(3,4)8(5,6)7/h4-8,11-12,14-15H,9-10H2,1-3H3;(H,5,6,7)/q+1;/p-1/t14-,15-;/m0./s1. The number of fused-ring (bicyclic) bond motifs is 1. The summed E-state index contributed by atoms with van der Waals surface area (Å²) in [6.45, 7) is 6.94. The van der Waals surface area contributed by atoms with Crippen molar-refractivity contribution in [2.75, 3.05) is 13.2 Å². The Bertz CT molecular complexity index is 1370. The van der Waals surface area contributed by atoms with Gasteiger partial charge in [0.25, 0.3) is 0 Å². The van der Waals surface area contributed by atoms with Gasteiger partial charge < -0.3 is 18.8 Å². The van der Waals surface area contributed by atoms with E-state index in [-0.39, 0.29) is 6.61 Å². The van der Waals surface area contributed by atoms with Crippen LogP contribution in [0.2, 0.25) is 24.8 Å². The van der Waals surface area contributed by atoms with Gasteiger partial charge in [-0.3, -0.25) is 4.23 Å². The number of benzene rings is 1. The maximum absolute atomic E-state index is 12.1. The van der Waals surface area contributed by atoms with E-state index in [1.807, 2.05) is 10.6 Å². The summed E-state index contributed by atoms with van der Waals surface area (Å²) >= 11 is 6.26.